The predicted molar refractivity (Wildman–Crippen MR) is 95.7 cm³/mol. The molecule has 2 aromatic rings. The van der Waals surface area contributed by atoms with Crippen molar-refractivity contribution in [1.82, 2.24) is 0 Å². The molecule has 0 heterocycles. The van der Waals surface area contributed by atoms with Crippen LogP contribution in [-0.2, 0) is 6.54 Å². The molecule has 0 aliphatic heterocycles. The second-order valence-electron chi connectivity index (χ2n) is 4.52. The maximum absolute atomic E-state index is 6.14. The van der Waals surface area contributed by atoms with Crippen LogP contribution in [0.1, 0.15) is 12.5 Å². The van der Waals surface area contributed by atoms with Crippen molar-refractivity contribution in [2.24, 2.45) is 0 Å². The zero-order valence-corrected chi connectivity index (χ0v) is 15.3. The van der Waals surface area contributed by atoms with E-state index >= 15 is 0 Å². The molecule has 0 unspecified atom stereocenters. The normalized spacial score (nSPS) is 10.4. The smallest absolute Gasteiger partial charge is 0.175 e. The Morgan fingerprint density at radius 2 is 1.95 bits per heavy atom. The standard InChI is InChI=1S/C16H16BrCl2NO2/c1-3-22-16-12(17)6-10(7-15(16)21-2)9-20-14-8-11(18)4-5-13(14)19/h4-8,20H,3,9H2,1-2H3. The molecule has 0 aliphatic carbocycles. The molecule has 0 aromatic heterocycles. The molecule has 2 rings (SSSR count). The Morgan fingerprint density at radius 1 is 1.18 bits per heavy atom. The lowest BCUT2D eigenvalue weighted by Gasteiger charge is -2.14. The molecule has 22 heavy (non-hydrogen) atoms. The molecule has 0 bridgehead atoms. The Hall–Kier alpha value is -1.10. The second kappa shape index (κ2) is 7.95. The van der Waals surface area contributed by atoms with Crippen molar-refractivity contribution in [1.29, 1.82) is 0 Å². The fourth-order valence-electron chi connectivity index (χ4n) is 1.99. The first-order chi connectivity index (χ1) is 10.5. The largest absolute Gasteiger partial charge is 0.493 e. The van der Waals surface area contributed by atoms with Crippen LogP contribution in [0.3, 0.4) is 0 Å². The van der Waals surface area contributed by atoms with Crippen LogP contribution in [0.5, 0.6) is 11.5 Å². The van der Waals surface area contributed by atoms with Gasteiger partial charge in [-0.3, -0.25) is 0 Å². The molecule has 0 saturated heterocycles. The van der Waals surface area contributed by atoms with E-state index < -0.39 is 0 Å². The van der Waals surface area contributed by atoms with Crippen LogP contribution in [-0.4, -0.2) is 13.7 Å². The minimum atomic E-state index is 0.574. The number of hydrogen-bond acceptors (Lipinski definition) is 3. The van der Waals surface area contributed by atoms with Crippen LogP contribution in [0.4, 0.5) is 5.69 Å². The molecule has 0 saturated carbocycles. The van der Waals surface area contributed by atoms with Crippen molar-refractivity contribution in [2.45, 2.75) is 13.5 Å². The summed E-state index contributed by atoms with van der Waals surface area (Å²) in [5.74, 6) is 1.39. The van der Waals surface area contributed by atoms with Crippen LogP contribution in [0.2, 0.25) is 10.0 Å². The highest BCUT2D eigenvalue weighted by molar-refractivity contribution is 9.10. The first-order valence-electron chi connectivity index (χ1n) is 6.73. The summed E-state index contributed by atoms with van der Waals surface area (Å²) in [7, 11) is 1.62. The zero-order valence-electron chi connectivity index (χ0n) is 12.3. The Bertz CT molecular complexity index is 665. The molecule has 2 aromatic carbocycles. The van der Waals surface area contributed by atoms with Gasteiger partial charge in [0, 0.05) is 11.6 Å². The van der Waals surface area contributed by atoms with E-state index in [0.29, 0.717) is 34.7 Å². The lowest BCUT2D eigenvalue weighted by molar-refractivity contribution is 0.308. The van der Waals surface area contributed by atoms with Gasteiger partial charge < -0.3 is 14.8 Å². The van der Waals surface area contributed by atoms with E-state index in [-0.39, 0.29) is 0 Å². The van der Waals surface area contributed by atoms with Crippen molar-refractivity contribution in [3.63, 3.8) is 0 Å². The van der Waals surface area contributed by atoms with Crippen LogP contribution in [0.25, 0.3) is 0 Å². The Balaban J connectivity index is 2.19. The van der Waals surface area contributed by atoms with E-state index in [1.54, 1.807) is 25.3 Å². The molecule has 0 fully saturated rings. The van der Waals surface area contributed by atoms with Crippen molar-refractivity contribution in [3.8, 4) is 11.5 Å². The van der Waals surface area contributed by atoms with Gasteiger partial charge in [0.1, 0.15) is 0 Å². The maximum Gasteiger partial charge on any atom is 0.175 e. The molecule has 0 aliphatic rings. The summed E-state index contributed by atoms with van der Waals surface area (Å²) in [6, 6.07) is 9.23. The third-order valence-corrected chi connectivity index (χ3v) is 4.14. The first-order valence-corrected chi connectivity index (χ1v) is 8.28. The van der Waals surface area contributed by atoms with Gasteiger partial charge in [0.05, 0.1) is 28.9 Å². The summed E-state index contributed by atoms with van der Waals surface area (Å²) in [5, 5.41) is 4.53. The fourth-order valence-corrected chi connectivity index (χ4v) is 2.95. The number of rotatable bonds is 6. The molecule has 118 valence electrons. The molecule has 0 amide bonds. The zero-order chi connectivity index (χ0) is 16.1. The lowest BCUT2D eigenvalue weighted by Crippen LogP contribution is -2.02. The van der Waals surface area contributed by atoms with Crippen molar-refractivity contribution < 1.29 is 9.47 Å². The second-order valence-corrected chi connectivity index (χ2v) is 6.22. The van der Waals surface area contributed by atoms with Gasteiger partial charge in [0.2, 0.25) is 0 Å². The Kier molecular flexibility index (Phi) is 6.24. The van der Waals surface area contributed by atoms with Gasteiger partial charge in [-0.25, -0.2) is 0 Å². The SMILES string of the molecule is CCOc1c(Br)cc(CNc2cc(Cl)ccc2Cl)cc1OC. The first kappa shape index (κ1) is 17.3. The Labute approximate surface area is 148 Å². The molecular formula is C16H16BrCl2NO2. The monoisotopic (exact) mass is 403 g/mol. The van der Waals surface area contributed by atoms with Crippen molar-refractivity contribution in [3.05, 3.63) is 50.4 Å². The summed E-state index contributed by atoms with van der Waals surface area (Å²) < 4.78 is 11.8. The number of nitrogens with one attached hydrogen (secondary N) is 1. The molecule has 3 nitrogen and oxygen atoms in total. The van der Waals surface area contributed by atoms with E-state index in [1.807, 2.05) is 19.1 Å². The van der Waals surface area contributed by atoms with E-state index in [9.17, 15) is 0 Å². The fraction of sp³-hybridized carbons (Fsp3) is 0.250. The summed E-state index contributed by atoms with van der Waals surface area (Å²) in [4.78, 5) is 0. The van der Waals surface area contributed by atoms with Crippen molar-refractivity contribution in [2.75, 3.05) is 19.0 Å². The molecule has 0 spiro atoms. The topological polar surface area (TPSA) is 30.5 Å². The summed E-state index contributed by atoms with van der Waals surface area (Å²) in [6.45, 7) is 3.09. The minimum Gasteiger partial charge on any atom is -0.493 e. The number of anilines is 1. The average molecular weight is 405 g/mol. The number of ether oxygens (including phenoxy) is 2. The summed E-state index contributed by atoms with van der Waals surface area (Å²) in [5.41, 5.74) is 1.82. The highest BCUT2D eigenvalue weighted by Crippen LogP contribution is 2.37. The van der Waals surface area contributed by atoms with Gasteiger partial charge >= 0.3 is 0 Å². The van der Waals surface area contributed by atoms with Gasteiger partial charge in [-0.2, -0.15) is 0 Å². The quantitative estimate of drug-likeness (QED) is 0.662. The van der Waals surface area contributed by atoms with Gasteiger partial charge in [0.25, 0.3) is 0 Å². The maximum atomic E-state index is 6.14. The number of benzene rings is 2. The third-order valence-electron chi connectivity index (χ3n) is 2.99. The number of hydrogen-bond donors (Lipinski definition) is 1. The third kappa shape index (κ3) is 4.22. The van der Waals surface area contributed by atoms with Crippen LogP contribution in [0.15, 0.2) is 34.8 Å². The van der Waals surface area contributed by atoms with E-state index in [0.717, 1.165) is 15.7 Å². The number of methoxy groups -OCH3 is 1. The van der Waals surface area contributed by atoms with E-state index in [4.69, 9.17) is 32.7 Å². The molecule has 0 atom stereocenters. The molecule has 1 N–H and O–H groups in total. The van der Waals surface area contributed by atoms with Gasteiger partial charge in [0.15, 0.2) is 11.5 Å². The molecular weight excluding hydrogens is 389 g/mol. The molecule has 0 radical (unpaired) electrons. The van der Waals surface area contributed by atoms with Gasteiger partial charge in [-0.05, 0) is 58.7 Å². The Morgan fingerprint density at radius 3 is 2.64 bits per heavy atom. The van der Waals surface area contributed by atoms with Crippen LogP contribution < -0.4 is 14.8 Å². The highest BCUT2D eigenvalue weighted by atomic mass is 79.9. The van der Waals surface area contributed by atoms with Crippen LogP contribution in [0, 0.1) is 0 Å². The molecule has 6 heteroatoms. The van der Waals surface area contributed by atoms with Crippen LogP contribution >= 0.6 is 39.1 Å². The summed E-state index contributed by atoms with van der Waals surface area (Å²) in [6.07, 6.45) is 0. The van der Waals surface area contributed by atoms with Gasteiger partial charge in [-0.1, -0.05) is 23.2 Å². The lowest BCUT2D eigenvalue weighted by atomic mass is 10.2. The summed E-state index contributed by atoms with van der Waals surface area (Å²) >= 11 is 15.6. The minimum absolute atomic E-state index is 0.574. The van der Waals surface area contributed by atoms with E-state index in [1.165, 1.54) is 0 Å². The van der Waals surface area contributed by atoms with Crippen molar-refractivity contribution >= 4 is 44.8 Å². The number of halogens is 3. The van der Waals surface area contributed by atoms with E-state index in [2.05, 4.69) is 21.2 Å². The van der Waals surface area contributed by atoms with Gasteiger partial charge in [-0.15, -0.1) is 0 Å². The highest BCUT2D eigenvalue weighted by Gasteiger charge is 2.11. The predicted octanol–water partition coefficient (Wildman–Crippen LogP) is 5.78. The average Bonchev–Trinajstić information content (AvgIpc) is 2.50.